The normalized spacial score (nSPS) is 14.0. The van der Waals surface area contributed by atoms with Gasteiger partial charge in [-0.3, -0.25) is 0 Å². The zero-order valence-corrected chi connectivity index (χ0v) is 14.3. The van der Waals surface area contributed by atoms with Crippen molar-refractivity contribution < 1.29 is 9.47 Å². The Balaban J connectivity index is 2.89. The van der Waals surface area contributed by atoms with Crippen LogP contribution in [-0.4, -0.2) is 45.8 Å². The SMILES string of the molecule is CCCC(C)N(C)CC(NC)c1ccc(OC)cc1OC. The molecule has 0 bridgehead atoms. The Morgan fingerprint density at radius 3 is 2.48 bits per heavy atom. The topological polar surface area (TPSA) is 33.7 Å². The Labute approximate surface area is 129 Å². The maximum absolute atomic E-state index is 5.52. The van der Waals surface area contributed by atoms with E-state index >= 15 is 0 Å². The lowest BCUT2D eigenvalue weighted by Gasteiger charge is -2.29. The van der Waals surface area contributed by atoms with Gasteiger partial charge in [-0.1, -0.05) is 19.4 Å². The first kappa shape index (κ1) is 17.8. The minimum Gasteiger partial charge on any atom is -0.497 e. The molecule has 0 amide bonds. The lowest BCUT2D eigenvalue weighted by Crippen LogP contribution is -2.36. The van der Waals surface area contributed by atoms with Gasteiger partial charge in [-0.2, -0.15) is 0 Å². The first-order chi connectivity index (χ1) is 10.1. The molecule has 0 saturated carbocycles. The van der Waals surface area contributed by atoms with Crippen molar-refractivity contribution in [2.24, 2.45) is 0 Å². The van der Waals surface area contributed by atoms with E-state index < -0.39 is 0 Å². The highest BCUT2D eigenvalue weighted by molar-refractivity contribution is 5.42. The van der Waals surface area contributed by atoms with Crippen LogP contribution in [0.15, 0.2) is 18.2 Å². The van der Waals surface area contributed by atoms with Crippen LogP contribution in [0.5, 0.6) is 11.5 Å². The number of methoxy groups -OCH3 is 2. The predicted molar refractivity (Wildman–Crippen MR) is 88.3 cm³/mol. The summed E-state index contributed by atoms with van der Waals surface area (Å²) in [4.78, 5) is 2.40. The molecule has 0 spiro atoms. The van der Waals surface area contributed by atoms with E-state index in [1.54, 1.807) is 14.2 Å². The van der Waals surface area contributed by atoms with Gasteiger partial charge >= 0.3 is 0 Å². The molecule has 0 aromatic heterocycles. The third kappa shape index (κ3) is 4.90. The van der Waals surface area contributed by atoms with Crippen molar-refractivity contribution in [3.63, 3.8) is 0 Å². The molecule has 2 atom stereocenters. The van der Waals surface area contributed by atoms with Crippen LogP contribution in [0, 0.1) is 0 Å². The Hall–Kier alpha value is -1.26. The molecule has 1 aromatic rings. The van der Waals surface area contributed by atoms with E-state index in [9.17, 15) is 0 Å². The Morgan fingerprint density at radius 2 is 1.95 bits per heavy atom. The summed E-state index contributed by atoms with van der Waals surface area (Å²) >= 11 is 0. The van der Waals surface area contributed by atoms with Gasteiger partial charge in [0.1, 0.15) is 11.5 Å². The lowest BCUT2D eigenvalue weighted by atomic mass is 10.0. The first-order valence-corrected chi connectivity index (χ1v) is 7.66. The molecule has 1 rings (SSSR count). The second-order valence-electron chi connectivity index (χ2n) is 5.53. The second kappa shape index (κ2) is 8.90. The third-order valence-electron chi connectivity index (χ3n) is 4.09. The van der Waals surface area contributed by atoms with Gasteiger partial charge < -0.3 is 19.7 Å². The number of likely N-dealkylation sites (N-methyl/N-ethyl adjacent to an activating group) is 2. The van der Waals surface area contributed by atoms with E-state index in [1.165, 1.54) is 12.8 Å². The molecular weight excluding hydrogens is 264 g/mol. The highest BCUT2D eigenvalue weighted by Crippen LogP contribution is 2.30. The molecule has 0 fully saturated rings. The van der Waals surface area contributed by atoms with Gasteiger partial charge in [0.15, 0.2) is 0 Å². The quantitative estimate of drug-likeness (QED) is 0.759. The predicted octanol–water partition coefficient (Wildman–Crippen LogP) is 3.08. The minimum absolute atomic E-state index is 0.232. The average molecular weight is 294 g/mol. The van der Waals surface area contributed by atoms with Crippen LogP contribution in [0.3, 0.4) is 0 Å². The standard InChI is InChI=1S/C17H30N2O2/c1-7-8-13(2)19(4)12-16(18-3)15-10-9-14(20-5)11-17(15)21-6/h9-11,13,16,18H,7-8,12H2,1-6H3. The molecular formula is C17H30N2O2. The van der Waals surface area contributed by atoms with Crippen molar-refractivity contribution in [2.45, 2.75) is 38.8 Å². The number of nitrogens with one attached hydrogen (secondary N) is 1. The summed E-state index contributed by atoms with van der Waals surface area (Å²) in [6.07, 6.45) is 2.42. The van der Waals surface area contributed by atoms with Crippen molar-refractivity contribution >= 4 is 0 Å². The van der Waals surface area contributed by atoms with Crippen LogP contribution in [-0.2, 0) is 0 Å². The van der Waals surface area contributed by atoms with Gasteiger partial charge in [-0.25, -0.2) is 0 Å². The fourth-order valence-corrected chi connectivity index (χ4v) is 2.56. The third-order valence-corrected chi connectivity index (χ3v) is 4.09. The molecule has 0 aliphatic heterocycles. The van der Waals surface area contributed by atoms with Crippen molar-refractivity contribution in [3.8, 4) is 11.5 Å². The Morgan fingerprint density at radius 1 is 1.24 bits per heavy atom. The van der Waals surface area contributed by atoms with Crippen LogP contribution in [0.4, 0.5) is 0 Å². The van der Waals surface area contributed by atoms with Gasteiger partial charge in [0.05, 0.1) is 14.2 Å². The summed E-state index contributed by atoms with van der Waals surface area (Å²) < 4.78 is 10.8. The second-order valence-corrected chi connectivity index (χ2v) is 5.53. The van der Waals surface area contributed by atoms with Crippen molar-refractivity contribution in [1.29, 1.82) is 0 Å². The summed E-state index contributed by atoms with van der Waals surface area (Å²) in [5.41, 5.74) is 1.16. The molecule has 0 aliphatic carbocycles. The van der Waals surface area contributed by atoms with E-state index in [-0.39, 0.29) is 6.04 Å². The molecule has 0 radical (unpaired) electrons. The van der Waals surface area contributed by atoms with Gasteiger partial charge in [-0.05, 0) is 33.5 Å². The zero-order chi connectivity index (χ0) is 15.8. The van der Waals surface area contributed by atoms with Gasteiger partial charge in [0.25, 0.3) is 0 Å². The van der Waals surface area contributed by atoms with Crippen LogP contribution in [0.25, 0.3) is 0 Å². The molecule has 120 valence electrons. The average Bonchev–Trinajstić information content (AvgIpc) is 2.51. The Bertz CT molecular complexity index is 423. The maximum Gasteiger partial charge on any atom is 0.127 e. The Kier molecular flexibility index (Phi) is 7.54. The molecule has 1 aromatic carbocycles. The highest BCUT2D eigenvalue weighted by Gasteiger charge is 2.19. The molecule has 4 nitrogen and oxygen atoms in total. The molecule has 4 heteroatoms. The van der Waals surface area contributed by atoms with Crippen LogP contribution in [0.2, 0.25) is 0 Å². The van der Waals surface area contributed by atoms with Crippen molar-refractivity contribution in [1.82, 2.24) is 10.2 Å². The number of hydrogen-bond acceptors (Lipinski definition) is 4. The van der Waals surface area contributed by atoms with Gasteiger partial charge in [0.2, 0.25) is 0 Å². The molecule has 1 N–H and O–H groups in total. The fourth-order valence-electron chi connectivity index (χ4n) is 2.56. The summed E-state index contributed by atoms with van der Waals surface area (Å²) in [6, 6.07) is 6.81. The highest BCUT2D eigenvalue weighted by atomic mass is 16.5. The van der Waals surface area contributed by atoms with Crippen molar-refractivity contribution in [2.75, 3.05) is 34.9 Å². The maximum atomic E-state index is 5.52. The lowest BCUT2D eigenvalue weighted by molar-refractivity contribution is 0.220. The van der Waals surface area contributed by atoms with Crippen LogP contribution >= 0.6 is 0 Å². The summed E-state index contributed by atoms with van der Waals surface area (Å²) in [7, 11) is 7.55. The number of nitrogens with zero attached hydrogens (tertiary/aromatic N) is 1. The van der Waals surface area contributed by atoms with Crippen LogP contribution < -0.4 is 14.8 Å². The molecule has 0 aliphatic rings. The van der Waals surface area contributed by atoms with Gasteiger partial charge in [0, 0.05) is 30.3 Å². The van der Waals surface area contributed by atoms with E-state index in [2.05, 4.69) is 37.2 Å². The zero-order valence-electron chi connectivity index (χ0n) is 14.3. The summed E-state index contributed by atoms with van der Waals surface area (Å²) in [6.45, 7) is 5.45. The summed E-state index contributed by atoms with van der Waals surface area (Å²) in [5, 5.41) is 3.40. The fraction of sp³-hybridized carbons (Fsp3) is 0.647. The number of ether oxygens (including phenoxy) is 2. The van der Waals surface area contributed by atoms with E-state index in [4.69, 9.17) is 9.47 Å². The molecule has 0 heterocycles. The first-order valence-electron chi connectivity index (χ1n) is 7.66. The smallest absolute Gasteiger partial charge is 0.127 e. The molecule has 2 unspecified atom stereocenters. The van der Waals surface area contributed by atoms with Crippen molar-refractivity contribution in [3.05, 3.63) is 23.8 Å². The van der Waals surface area contributed by atoms with E-state index in [0.29, 0.717) is 6.04 Å². The largest absolute Gasteiger partial charge is 0.497 e. The number of hydrogen-bond donors (Lipinski definition) is 1. The van der Waals surface area contributed by atoms with E-state index in [0.717, 1.165) is 23.6 Å². The van der Waals surface area contributed by atoms with Gasteiger partial charge in [-0.15, -0.1) is 0 Å². The number of benzene rings is 1. The van der Waals surface area contributed by atoms with E-state index in [1.807, 2.05) is 19.2 Å². The molecule has 0 saturated heterocycles. The minimum atomic E-state index is 0.232. The monoisotopic (exact) mass is 294 g/mol. The summed E-state index contributed by atoms with van der Waals surface area (Å²) in [5.74, 6) is 1.68. The van der Waals surface area contributed by atoms with Crippen LogP contribution in [0.1, 0.15) is 38.3 Å². The molecule has 21 heavy (non-hydrogen) atoms. The number of rotatable bonds is 9.